The average Bonchev–Trinajstić information content (AvgIpc) is 2.32. The van der Waals surface area contributed by atoms with E-state index < -0.39 is 0 Å². The quantitative estimate of drug-likeness (QED) is 0.616. The number of rotatable bonds is 3. The average molecular weight is 217 g/mol. The lowest BCUT2D eigenvalue weighted by molar-refractivity contribution is 0.284. The normalized spacial score (nSPS) is 17.4. The first-order valence-electron chi connectivity index (χ1n) is 5.73. The van der Waals surface area contributed by atoms with Gasteiger partial charge in [-0.1, -0.05) is 6.08 Å². The van der Waals surface area contributed by atoms with E-state index in [0.29, 0.717) is 0 Å². The van der Waals surface area contributed by atoms with Crippen molar-refractivity contribution >= 4 is 11.4 Å². The van der Waals surface area contributed by atoms with Crippen molar-refractivity contribution in [3.8, 4) is 0 Å². The van der Waals surface area contributed by atoms with Gasteiger partial charge in [0.2, 0.25) is 0 Å². The lowest BCUT2D eigenvalue weighted by atomic mass is 10.2. The molecule has 0 amide bonds. The fourth-order valence-corrected chi connectivity index (χ4v) is 2.06. The molecule has 1 aromatic rings. The van der Waals surface area contributed by atoms with E-state index in [4.69, 9.17) is 5.73 Å². The molecule has 1 saturated heterocycles. The Kier molecular flexibility index (Phi) is 3.47. The summed E-state index contributed by atoms with van der Waals surface area (Å²) in [6.07, 6.45) is 1.97. The molecule has 0 radical (unpaired) electrons. The maximum Gasteiger partial charge on any atom is 0.0368 e. The maximum atomic E-state index is 5.68. The van der Waals surface area contributed by atoms with Gasteiger partial charge in [-0.15, -0.1) is 6.58 Å². The minimum atomic E-state index is 0.828. The lowest BCUT2D eigenvalue weighted by Gasteiger charge is -2.35. The summed E-state index contributed by atoms with van der Waals surface area (Å²) in [4.78, 5) is 4.82. The molecule has 0 aliphatic carbocycles. The highest BCUT2D eigenvalue weighted by Gasteiger charge is 2.15. The second-order valence-corrected chi connectivity index (χ2v) is 4.17. The first kappa shape index (κ1) is 11.0. The van der Waals surface area contributed by atoms with E-state index in [1.165, 1.54) is 5.69 Å². The molecule has 0 unspecified atom stereocenters. The summed E-state index contributed by atoms with van der Waals surface area (Å²) in [5.41, 5.74) is 7.78. The Morgan fingerprint density at radius 2 is 1.75 bits per heavy atom. The van der Waals surface area contributed by atoms with Gasteiger partial charge in [0.15, 0.2) is 0 Å². The Bertz CT molecular complexity index is 337. The van der Waals surface area contributed by atoms with E-state index in [2.05, 4.69) is 28.5 Å². The van der Waals surface area contributed by atoms with Crippen LogP contribution in [0.15, 0.2) is 36.9 Å². The standard InChI is InChI=1S/C13H19N3/c1-2-7-15-8-10-16(11-9-15)13-5-3-12(14)4-6-13/h2-6H,1,7-11,14H2. The van der Waals surface area contributed by atoms with Crippen LogP contribution in [-0.4, -0.2) is 37.6 Å². The van der Waals surface area contributed by atoms with Crippen molar-refractivity contribution in [3.05, 3.63) is 36.9 Å². The third-order valence-electron chi connectivity index (χ3n) is 3.02. The number of nitrogens with two attached hydrogens (primary N) is 1. The van der Waals surface area contributed by atoms with Crippen molar-refractivity contribution in [1.82, 2.24) is 4.90 Å². The summed E-state index contributed by atoms with van der Waals surface area (Å²) >= 11 is 0. The Labute approximate surface area is 97.2 Å². The molecule has 1 aliphatic rings. The van der Waals surface area contributed by atoms with E-state index in [0.717, 1.165) is 38.4 Å². The minimum absolute atomic E-state index is 0.828. The van der Waals surface area contributed by atoms with Crippen LogP contribution in [0.5, 0.6) is 0 Å². The third-order valence-corrected chi connectivity index (χ3v) is 3.02. The largest absolute Gasteiger partial charge is 0.399 e. The van der Waals surface area contributed by atoms with E-state index in [1.807, 2.05) is 18.2 Å². The fraction of sp³-hybridized carbons (Fsp3) is 0.385. The van der Waals surface area contributed by atoms with Crippen molar-refractivity contribution in [2.24, 2.45) is 0 Å². The van der Waals surface area contributed by atoms with Gasteiger partial charge < -0.3 is 10.6 Å². The van der Waals surface area contributed by atoms with Gasteiger partial charge in [0, 0.05) is 44.1 Å². The SMILES string of the molecule is C=CCN1CCN(c2ccc(N)cc2)CC1. The summed E-state index contributed by atoms with van der Waals surface area (Å²) in [5, 5.41) is 0. The number of piperazine rings is 1. The molecule has 16 heavy (non-hydrogen) atoms. The van der Waals surface area contributed by atoms with Crippen LogP contribution in [0.1, 0.15) is 0 Å². The van der Waals surface area contributed by atoms with Gasteiger partial charge in [-0.3, -0.25) is 4.90 Å². The molecule has 0 aromatic heterocycles. The predicted molar refractivity (Wildman–Crippen MR) is 69.7 cm³/mol. The zero-order chi connectivity index (χ0) is 11.4. The molecule has 86 valence electrons. The highest BCUT2D eigenvalue weighted by Crippen LogP contribution is 2.17. The van der Waals surface area contributed by atoms with Crippen LogP contribution in [0, 0.1) is 0 Å². The van der Waals surface area contributed by atoms with Crippen LogP contribution in [0.25, 0.3) is 0 Å². The van der Waals surface area contributed by atoms with Gasteiger partial charge in [0.05, 0.1) is 0 Å². The van der Waals surface area contributed by atoms with Gasteiger partial charge in [-0.05, 0) is 24.3 Å². The number of anilines is 2. The van der Waals surface area contributed by atoms with E-state index in [9.17, 15) is 0 Å². The van der Waals surface area contributed by atoms with Crippen LogP contribution >= 0.6 is 0 Å². The molecular formula is C13H19N3. The second-order valence-electron chi connectivity index (χ2n) is 4.17. The molecule has 0 atom stereocenters. The first-order chi connectivity index (χ1) is 7.79. The van der Waals surface area contributed by atoms with Gasteiger partial charge >= 0.3 is 0 Å². The van der Waals surface area contributed by atoms with Crippen LogP contribution in [0.3, 0.4) is 0 Å². The zero-order valence-electron chi connectivity index (χ0n) is 9.60. The fourth-order valence-electron chi connectivity index (χ4n) is 2.06. The van der Waals surface area contributed by atoms with Gasteiger partial charge in [-0.25, -0.2) is 0 Å². The van der Waals surface area contributed by atoms with Crippen LogP contribution in [-0.2, 0) is 0 Å². The Hall–Kier alpha value is -1.48. The van der Waals surface area contributed by atoms with Crippen molar-refractivity contribution in [3.63, 3.8) is 0 Å². The first-order valence-corrected chi connectivity index (χ1v) is 5.73. The van der Waals surface area contributed by atoms with E-state index in [-0.39, 0.29) is 0 Å². The molecule has 0 spiro atoms. The molecule has 3 nitrogen and oxygen atoms in total. The van der Waals surface area contributed by atoms with Crippen molar-refractivity contribution in [2.75, 3.05) is 43.4 Å². The molecule has 1 heterocycles. The molecule has 2 rings (SSSR count). The summed E-state index contributed by atoms with van der Waals surface area (Å²) in [6.45, 7) is 9.15. The zero-order valence-corrected chi connectivity index (χ0v) is 9.60. The van der Waals surface area contributed by atoms with E-state index >= 15 is 0 Å². The third kappa shape index (κ3) is 2.55. The smallest absolute Gasteiger partial charge is 0.0368 e. The predicted octanol–water partition coefficient (Wildman–Crippen LogP) is 1.58. The summed E-state index contributed by atoms with van der Waals surface area (Å²) in [7, 11) is 0. The number of nitrogens with zero attached hydrogens (tertiary/aromatic N) is 2. The number of hydrogen-bond acceptors (Lipinski definition) is 3. The van der Waals surface area contributed by atoms with Crippen molar-refractivity contribution in [2.45, 2.75) is 0 Å². The second kappa shape index (κ2) is 5.03. The van der Waals surface area contributed by atoms with Crippen LogP contribution in [0.4, 0.5) is 11.4 Å². The molecule has 1 aromatic carbocycles. The minimum Gasteiger partial charge on any atom is -0.399 e. The van der Waals surface area contributed by atoms with Crippen LogP contribution in [0.2, 0.25) is 0 Å². The molecule has 1 aliphatic heterocycles. The lowest BCUT2D eigenvalue weighted by Crippen LogP contribution is -2.46. The molecule has 0 bridgehead atoms. The molecule has 0 saturated carbocycles. The monoisotopic (exact) mass is 217 g/mol. The summed E-state index contributed by atoms with van der Waals surface area (Å²) < 4.78 is 0. The van der Waals surface area contributed by atoms with Crippen LogP contribution < -0.4 is 10.6 Å². The Morgan fingerprint density at radius 1 is 1.12 bits per heavy atom. The molecule has 3 heteroatoms. The van der Waals surface area contributed by atoms with Gasteiger partial charge in [0.25, 0.3) is 0 Å². The summed E-state index contributed by atoms with van der Waals surface area (Å²) in [6, 6.07) is 8.12. The number of nitrogen functional groups attached to an aromatic ring is 1. The highest BCUT2D eigenvalue weighted by atomic mass is 15.3. The molecule has 2 N–H and O–H groups in total. The molecule has 1 fully saturated rings. The van der Waals surface area contributed by atoms with Gasteiger partial charge in [0.1, 0.15) is 0 Å². The number of hydrogen-bond donors (Lipinski definition) is 1. The van der Waals surface area contributed by atoms with Crippen molar-refractivity contribution < 1.29 is 0 Å². The van der Waals surface area contributed by atoms with Crippen molar-refractivity contribution in [1.29, 1.82) is 0 Å². The summed E-state index contributed by atoms with van der Waals surface area (Å²) in [5.74, 6) is 0. The molecular weight excluding hydrogens is 198 g/mol. The van der Waals surface area contributed by atoms with E-state index in [1.54, 1.807) is 0 Å². The Morgan fingerprint density at radius 3 is 2.31 bits per heavy atom. The topological polar surface area (TPSA) is 32.5 Å². The number of benzene rings is 1. The Balaban J connectivity index is 1.93. The maximum absolute atomic E-state index is 5.68. The van der Waals surface area contributed by atoms with Gasteiger partial charge in [-0.2, -0.15) is 0 Å². The highest BCUT2D eigenvalue weighted by molar-refractivity contribution is 5.53.